The second kappa shape index (κ2) is 12.2. The van der Waals surface area contributed by atoms with Gasteiger partial charge in [-0.25, -0.2) is 0 Å². The van der Waals surface area contributed by atoms with E-state index < -0.39 is 0 Å². The van der Waals surface area contributed by atoms with Crippen LogP contribution in [0, 0.1) is 0 Å². The Morgan fingerprint density at radius 2 is 0.735 bits per heavy atom. The van der Waals surface area contributed by atoms with Crippen molar-refractivity contribution < 1.29 is 0 Å². The summed E-state index contributed by atoms with van der Waals surface area (Å²) in [5.41, 5.74) is 8.87. The normalized spacial score (nSPS) is 12.2. The summed E-state index contributed by atoms with van der Waals surface area (Å²) in [4.78, 5) is 0. The Bertz CT molecular complexity index is 1170. The molecule has 0 heterocycles. The van der Waals surface area contributed by atoms with Crippen LogP contribution in [0.25, 0.3) is 0 Å². The molecule has 0 saturated heterocycles. The molecule has 0 atom stereocenters. The lowest BCUT2D eigenvalue weighted by molar-refractivity contribution is 1.20. The molecule has 166 valence electrons. The zero-order chi connectivity index (χ0) is 23.3. The molecule has 0 fully saturated rings. The van der Waals surface area contributed by atoms with E-state index in [0.29, 0.717) is 11.4 Å². The molecule has 2 N–H and O–H groups in total. The van der Waals surface area contributed by atoms with Crippen LogP contribution in [0.15, 0.2) is 152 Å². The Hall–Kier alpha value is -4.98. The van der Waals surface area contributed by atoms with Gasteiger partial charge in [-0.3, -0.25) is 10.9 Å². The van der Waals surface area contributed by atoms with Gasteiger partial charge in [0, 0.05) is 0 Å². The fourth-order valence-corrected chi connectivity index (χ4v) is 2.69. The van der Waals surface area contributed by atoms with E-state index in [2.05, 4.69) is 41.5 Å². The predicted molar refractivity (Wildman–Crippen MR) is 137 cm³/mol. The molecule has 4 aromatic carbocycles. The first kappa shape index (κ1) is 22.2. The number of anilines is 2. The first-order valence-corrected chi connectivity index (χ1v) is 10.6. The van der Waals surface area contributed by atoms with Crippen molar-refractivity contribution in [3.63, 3.8) is 0 Å². The first-order valence-electron chi connectivity index (χ1n) is 10.6. The number of rotatable bonds is 6. The summed E-state index contributed by atoms with van der Waals surface area (Å²) in [6, 6.07) is 37.8. The lowest BCUT2D eigenvalue weighted by Gasteiger charge is -2.04. The Labute approximate surface area is 197 Å². The van der Waals surface area contributed by atoms with Gasteiger partial charge in [-0.1, -0.05) is 72.8 Å². The van der Waals surface area contributed by atoms with Crippen LogP contribution < -0.4 is 10.9 Å². The number of nitrogens with zero attached hydrogens (tertiary/aromatic N) is 6. The fourth-order valence-electron chi connectivity index (χ4n) is 2.69. The van der Waals surface area contributed by atoms with E-state index in [-0.39, 0.29) is 11.7 Å². The summed E-state index contributed by atoms with van der Waals surface area (Å²) < 4.78 is 0. The SMILES string of the molecule is c1ccc(N=NC(=N\Nc2ccccc2)/C(N=Nc2ccccc2)=N/Nc2ccccc2)cc1. The van der Waals surface area contributed by atoms with Crippen LogP contribution in [0.2, 0.25) is 0 Å². The highest BCUT2D eigenvalue weighted by Gasteiger charge is 2.10. The van der Waals surface area contributed by atoms with Crippen molar-refractivity contribution in [1.29, 1.82) is 0 Å². The summed E-state index contributed by atoms with van der Waals surface area (Å²) in [6.07, 6.45) is 0. The standard InChI is InChI=1S/C26H22N8/c1-5-13-21(14-6-1)27-31-25(32-28-22-15-7-2-8-16-22)26(33-29-23-17-9-3-10-18-23)34-30-24-19-11-4-12-20-24/h1-20,27,29H/b31-25-,32-28?,33-26-,34-30?. The third kappa shape index (κ3) is 7.03. The molecule has 8 heteroatoms. The molecule has 0 spiro atoms. The van der Waals surface area contributed by atoms with Gasteiger partial charge in [-0.15, -0.1) is 30.7 Å². The van der Waals surface area contributed by atoms with Crippen LogP contribution in [0.4, 0.5) is 22.7 Å². The minimum Gasteiger partial charge on any atom is -0.276 e. The van der Waals surface area contributed by atoms with Crippen molar-refractivity contribution in [3.8, 4) is 0 Å². The van der Waals surface area contributed by atoms with Crippen molar-refractivity contribution in [3.05, 3.63) is 121 Å². The topological polar surface area (TPSA) is 98.2 Å². The van der Waals surface area contributed by atoms with Gasteiger partial charge >= 0.3 is 0 Å². The van der Waals surface area contributed by atoms with Gasteiger partial charge in [0.15, 0.2) is 0 Å². The molecular weight excluding hydrogens is 424 g/mol. The number of benzene rings is 4. The molecule has 4 aromatic rings. The number of hydrogen-bond acceptors (Lipinski definition) is 6. The van der Waals surface area contributed by atoms with Gasteiger partial charge in [-0.2, -0.15) is 0 Å². The van der Waals surface area contributed by atoms with E-state index in [9.17, 15) is 0 Å². The molecule has 34 heavy (non-hydrogen) atoms. The summed E-state index contributed by atoms with van der Waals surface area (Å²) >= 11 is 0. The minimum absolute atomic E-state index is 0.149. The summed E-state index contributed by atoms with van der Waals surface area (Å²) in [7, 11) is 0. The summed E-state index contributed by atoms with van der Waals surface area (Å²) in [6.45, 7) is 0. The quantitative estimate of drug-likeness (QED) is 0.140. The number of azo groups is 2. The number of hydrazone groups is 2. The third-order valence-corrected chi connectivity index (χ3v) is 4.36. The molecule has 4 rings (SSSR count). The van der Waals surface area contributed by atoms with E-state index in [1.165, 1.54) is 0 Å². The van der Waals surface area contributed by atoms with E-state index >= 15 is 0 Å². The lowest BCUT2D eigenvalue weighted by atomic mass is 10.3. The molecule has 0 aromatic heterocycles. The highest BCUT2D eigenvalue weighted by molar-refractivity contribution is 6.41. The van der Waals surface area contributed by atoms with Crippen molar-refractivity contribution in [1.82, 2.24) is 0 Å². The van der Waals surface area contributed by atoms with Crippen LogP contribution in [0.3, 0.4) is 0 Å². The average molecular weight is 447 g/mol. The van der Waals surface area contributed by atoms with Crippen LogP contribution in [-0.4, -0.2) is 11.7 Å². The molecule has 0 aliphatic heterocycles. The molecule has 0 aliphatic carbocycles. The van der Waals surface area contributed by atoms with Crippen molar-refractivity contribution in [2.45, 2.75) is 0 Å². The van der Waals surface area contributed by atoms with Crippen molar-refractivity contribution >= 4 is 34.4 Å². The van der Waals surface area contributed by atoms with E-state index in [1.807, 2.05) is 121 Å². The molecular formula is C26H22N8. The number of amidine groups is 2. The van der Waals surface area contributed by atoms with Crippen LogP contribution in [-0.2, 0) is 0 Å². The Kier molecular flexibility index (Phi) is 7.95. The number of hydrogen-bond donors (Lipinski definition) is 2. The molecule has 8 nitrogen and oxygen atoms in total. The van der Waals surface area contributed by atoms with Crippen LogP contribution in [0.5, 0.6) is 0 Å². The second-order valence-corrected chi connectivity index (χ2v) is 6.90. The maximum Gasteiger partial charge on any atom is 0.241 e. The Morgan fingerprint density at radius 1 is 0.412 bits per heavy atom. The maximum absolute atomic E-state index is 4.42. The maximum atomic E-state index is 4.42. The predicted octanol–water partition coefficient (Wildman–Crippen LogP) is 7.41. The van der Waals surface area contributed by atoms with Gasteiger partial charge in [-0.05, 0) is 48.5 Å². The number of para-hydroxylation sites is 2. The first-order chi connectivity index (χ1) is 16.9. The summed E-state index contributed by atoms with van der Waals surface area (Å²) in [5.74, 6) is 0.298. The fraction of sp³-hybridized carbons (Fsp3) is 0. The zero-order valence-electron chi connectivity index (χ0n) is 18.2. The average Bonchev–Trinajstić information content (AvgIpc) is 2.91. The second-order valence-electron chi connectivity index (χ2n) is 6.90. The molecule has 0 unspecified atom stereocenters. The molecule has 0 bridgehead atoms. The summed E-state index contributed by atoms with van der Waals surface area (Å²) in [5, 5.41) is 26.1. The minimum atomic E-state index is 0.149. The number of nitrogens with one attached hydrogen (secondary N) is 2. The smallest absolute Gasteiger partial charge is 0.241 e. The highest BCUT2D eigenvalue weighted by atomic mass is 15.4. The van der Waals surface area contributed by atoms with Gasteiger partial charge in [0.2, 0.25) is 11.7 Å². The van der Waals surface area contributed by atoms with Crippen molar-refractivity contribution in [2.75, 3.05) is 10.9 Å². The van der Waals surface area contributed by atoms with E-state index in [0.717, 1.165) is 11.4 Å². The van der Waals surface area contributed by atoms with Gasteiger partial charge in [0.25, 0.3) is 0 Å². The van der Waals surface area contributed by atoms with Crippen molar-refractivity contribution in [2.24, 2.45) is 30.7 Å². The lowest BCUT2D eigenvalue weighted by Crippen LogP contribution is -2.13. The highest BCUT2D eigenvalue weighted by Crippen LogP contribution is 2.14. The largest absolute Gasteiger partial charge is 0.276 e. The molecule has 0 radical (unpaired) electrons. The van der Waals surface area contributed by atoms with Gasteiger partial charge < -0.3 is 0 Å². The molecule has 0 amide bonds. The van der Waals surface area contributed by atoms with Gasteiger partial charge in [0.05, 0.1) is 22.7 Å². The van der Waals surface area contributed by atoms with E-state index in [1.54, 1.807) is 0 Å². The zero-order valence-corrected chi connectivity index (χ0v) is 18.2. The van der Waals surface area contributed by atoms with Gasteiger partial charge in [0.1, 0.15) is 0 Å². The van der Waals surface area contributed by atoms with Crippen LogP contribution >= 0.6 is 0 Å². The third-order valence-electron chi connectivity index (χ3n) is 4.36. The monoisotopic (exact) mass is 446 g/mol. The molecule has 0 saturated carbocycles. The Morgan fingerprint density at radius 3 is 1.09 bits per heavy atom. The van der Waals surface area contributed by atoms with Crippen LogP contribution in [0.1, 0.15) is 0 Å². The van der Waals surface area contributed by atoms with E-state index in [4.69, 9.17) is 0 Å². The Balaban J connectivity index is 1.70. The molecule has 0 aliphatic rings.